The summed E-state index contributed by atoms with van der Waals surface area (Å²) in [5, 5.41) is 19.9. The van der Waals surface area contributed by atoms with E-state index in [-0.39, 0.29) is 6.61 Å². The van der Waals surface area contributed by atoms with E-state index in [0.717, 1.165) is 56.8 Å². The quantitative estimate of drug-likeness (QED) is 0.883. The third-order valence-corrected chi connectivity index (χ3v) is 6.04. The van der Waals surface area contributed by atoms with Gasteiger partial charge in [-0.25, -0.2) is 4.99 Å². The van der Waals surface area contributed by atoms with Gasteiger partial charge in [-0.1, -0.05) is 18.2 Å². The SMILES string of the molecule is OC[C@@H]1C[C@@H](C2CN=C3N=CCCC32)CN(Cc2ccccc2O)C1. The first kappa shape index (κ1) is 16.7. The Morgan fingerprint density at radius 1 is 1.20 bits per heavy atom. The van der Waals surface area contributed by atoms with Crippen molar-refractivity contribution in [1.82, 2.24) is 4.90 Å². The number of aliphatic imine (C=N–C) groups is 2. The first-order valence-corrected chi connectivity index (χ1v) is 9.41. The molecule has 4 rings (SSSR count). The van der Waals surface area contributed by atoms with Crippen LogP contribution < -0.4 is 0 Å². The highest BCUT2D eigenvalue weighted by Crippen LogP contribution is 2.39. The number of piperidine rings is 1. The molecule has 1 aromatic carbocycles. The lowest BCUT2D eigenvalue weighted by molar-refractivity contribution is 0.0512. The van der Waals surface area contributed by atoms with Crippen molar-refractivity contribution in [3.05, 3.63) is 29.8 Å². The molecule has 2 unspecified atom stereocenters. The van der Waals surface area contributed by atoms with E-state index in [1.54, 1.807) is 6.07 Å². The summed E-state index contributed by atoms with van der Waals surface area (Å²) in [5.41, 5.74) is 0.963. The van der Waals surface area contributed by atoms with Gasteiger partial charge in [-0.15, -0.1) is 0 Å². The zero-order chi connectivity index (χ0) is 17.2. The molecule has 0 spiro atoms. The molecular formula is C20H27N3O2. The maximum atomic E-state index is 10.1. The molecule has 2 N–H and O–H groups in total. The molecule has 0 radical (unpaired) electrons. The highest BCUT2D eigenvalue weighted by molar-refractivity contribution is 5.94. The maximum absolute atomic E-state index is 10.1. The summed E-state index contributed by atoms with van der Waals surface area (Å²) in [5.74, 6) is 3.30. The summed E-state index contributed by atoms with van der Waals surface area (Å²) in [6.45, 7) is 3.76. The molecule has 3 aliphatic rings. The van der Waals surface area contributed by atoms with Crippen molar-refractivity contribution in [1.29, 1.82) is 0 Å². The number of aliphatic hydroxyl groups is 1. The number of rotatable bonds is 4. The largest absolute Gasteiger partial charge is 0.508 e. The average Bonchev–Trinajstić information content (AvgIpc) is 3.07. The number of phenols is 1. The van der Waals surface area contributed by atoms with E-state index in [1.807, 2.05) is 24.4 Å². The first-order valence-electron chi connectivity index (χ1n) is 9.41. The molecular weight excluding hydrogens is 314 g/mol. The first-order chi connectivity index (χ1) is 12.2. The molecule has 0 aliphatic carbocycles. The number of fused-ring (bicyclic) bond motifs is 1. The van der Waals surface area contributed by atoms with Gasteiger partial charge in [0, 0.05) is 50.5 Å². The Kier molecular flexibility index (Phi) is 4.86. The van der Waals surface area contributed by atoms with Gasteiger partial charge in [-0.2, -0.15) is 0 Å². The fraction of sp³-hybridized carbons (Fsp3) is 0.600. The number of aromatic hydroxyl groups is 1. The number of aliphatic hydroxyl groups excluding tert-OH is 1. The van der Waals surface area contributed by atoms with E-state index in [9.17, 15) is 10.2 Å². The summed E-state index contributed by atoms with van der Waals surface area (Å²) in [6, 6.07) is 7.56. The molecule has 0 bridgehead atoms. The van der Waals surface area contributed by atoms with E-state index in [1.165, 1.54) is 0 Å². The predicted molar refractivity (Wildman–Crippen MR) is 99.1 cm³/mol. The van der Waals surface area contributed by atoms with Crippen LogP contribution in [-0.2, 0) is 6.54 Å². The van der Waals surface area contributed by atoms with Gasteiger partial charge in [0.15, 0.2) is 0 Å². The Labute approximate surface area is 149 Å². The Morgan fingerprint density at radius 2 is 2.08 bits per heavy atom. The Bertz CT molecular complexity index is 673. The van der Waals surface area contributed by atoms with E-state index in [0.29, 0.717) is 29.4 Å². The number of hydrogen-bond acceptors (Lipinski definition) is 5. The van der Waals surface area contributed by atoms with Crippen molar-refractivity contribution in [2.75, 3.05) is 26.2 Å². The number of phenolic OH excluding ortho intramolecular Hbond substituents is 1. The van der Waals surface area contributed by atoms with Crippen molar-refractivity contribution in [2.45, 2.75) is 25.8 Å². The lowest BCUT2D eigenvalue weighted by Crippen LogP contribution is -2.45. The summed E-state index contributed by atoms with van der Waals surface area (Å²) in [7, 11) is 0. The van der Waals surface area contributed by atoms with Gasteiger partial charge in [0.2, 0.25) is 0 Å². The van der Waals surface area contributed by atoms with E-state index < -0.39 is 0 Å². The molecule has 5 heteroatoms. The van der Waals surface area contributed by atoms with Crippen LogP contribution >= 0.6 is 0 Å². The zero-order valence-electron chi connectivity index (χ0n) is 14.6. The van der Waals surface area contributed by atoms with Crippen molar-refractivity contribution < 1.29 is 10.2 Å². The lowest BCUT2D eigenvalue weighted by Gasteiger charge is -2.41. The molecule has 0 amide bonds. The van der Waals surface area contributed by atoms with Gasteiger partial charge >= 0.3 is 0 Å². The van der Waals surface area contributed by atoms with E-state index in [4.69, 9.17) is 0 Å². The van der Waals surface area contributed by atoms with Gasteiger partial charge in [0.25, 0.3) is 0 Å². The highest BCUT2D eigenvalue weighted by Gasteiger charge is 2.40. The molecule has 134 valence electrons. The minimum Gasteiger partial charge on any atom is -0.508 e. The minimum absolute atomic E-state index is 0.233. The monoisotopic (exact) mass is 341 g/mol. The third kappa shape index (κ3) is 3.48. The van der Waals surface area contributed by atoms with Crippen LogP contribution in [0.25, 0.3) is 0 Å². The number of hydrogen-bond donors (Lipinski definition) is 2. The summed E-state index contributed by atoms with van der Waals surface area (Å²) in [4.78, 5) is 11.6. The fourth-order valence-corrected chi connectivity index (χ4v) is 4.81. The standard InChI is InChI=1S/C20H27N3O2/c24-13-14-8-16(18-9-22-20-17(18)5-3-7-21-20)12-23(10-14)11-15-4-1-2-6-19(15)25/h1-2,4,6-7,14,16-18,24-25H,3,5,8-13H2/t14-,16-,17?,18?/m1/s1. The van der Waals surface area contributed by atoms with Crippen molar-refractivity contribution in [2.24, 2.45) is 33.7 Å². The number of benzene rings is 1. The van der Waals surface area contributed by atoms with Crippen LogP contribution in [0.3, 0.4) is 0 Å². The van der Waals surface area contributed by atoms with Crippen LogP contribution in [0.5, 0.6) is 5.75 Å². The van der Waals surface area contributed by atoms with Gasteiger partial charge < -0.3 is 10.2 Å². The Morgan fingerprint density at radius 3 is 2.92 bits per heavy atom. The highest BCUT2D eigenvalue weighted by atomic mass is 16.3. The van der Waals surface area contributed by atoms with Crippen molar-refractivity contribution >= 4 is 12.1 Å². The molecule has 5 nitrogen and oxygen atoms in total. The second-order valence-corrected chi connectivity index (χ2v) is 7.73. The summed E-state index contributed by atoms with van der Waals surface area (Å²) in [6.07, 6.45) is 5.28. The molecule has 0 saturated carbocycles. The van der Waals surface area contributed by atoms with Gasteiger partial charge in [-0.05, 0) is 43.1 Å². The van der Waals surface area contributed by atoms with Crippen LogP contribution in [0.2, 0.25) is 0 Å². The maximum Gasteiger partial charge on any atom is 0.126 e. The van der Waals surface area contributed by atoms with Gasteiger partial charge in [-0.3, -0.25) is 9.89 Å². The molecule has 3 aliphatic heterocycles. The normalized spacial score (nSPS) is 32.4. The van der Waals surface area contributed by atoms with Crippen LogP contribution in [0.4, 0.5) is 0 Å². The topological polar surface area (TPSA) is 68.4 Å². The van der Waals surface area contributed by atoms with E-state index >= 15 is 0 Å². The molecule has 4 atom stereocenters. The van der Waals surface area contributed by atoms with Gasteiger partial charge in [0.05, 0.1) is 0 Å². The smallest absolute Gasteiger partial charge is 0.126 e. The summed E-state index contributed by atoms with van der Waals surface area (Å²) >= 11 is 0. The van der Waals surface area contributed by atoms with Gasteiger partial charge in [0.1, 0.15) is 11.6 Å². The number of nitrogens with zero attached hydrogens (tertiary/aromatic N) is 3. The molecule has 25 heavy (non-hydrogen) atoms. The second-order valence-electron chi connectivity index (χ2n) is 7.73. The van der Waals surface area contributed by atoms with Crippen LogP contribution in [0.15, 0.2) is 34.3 Å². The Hall–Kier alpha value is -1.72. The number of amidine groups is 1. The molecule has 1 saturated heterocycles. The fourth-order valence-electron chi connectivity index (χ4n) is 4.81. The van der Waals surface area contributed by atoms with Crippen molar-refractivity contribution in [3.8, 4) is 5.75 Å². The summed E-state index contributed by atoms with van der Waals surface area (Å²) < 4.78 is 0. The van der Waals surface area contributed by atoms with Crippen LogP contribution in [0.1, 0.15) is 24.8 Å². The molecule has 3 heterocycles. The van der Waals surface area contributed by atoms with E-state index in [2.05, 4.69) is 14.9 Å². The Balaban J connectivity index is 1.48. The zero-order valence-corrected chi connectivity index (χ0v) is 14.6. The molecule has 1 aromatic rings. The minimum atomic E-state index is 0.233. The number of likely N-dealkylation sites (tertiary alicyclic amines) is 1. The van der Waals surface area contributed by atoms with Crippen LogP contribution in [-0.4, -0.2) is 53.4 Å². The third-order valence-electron chi connectivity index (χ3n) is 6.04. The lowest BCUT2D eigenvalue weighted by atomic mass is 9.74. The number of para-hydroxylation sites is 1. The predicted octanol–water partition coefficient (Wildman–Crippen LogP) is 2.33. The molecule has 1 fully saturated rings. The van der Waals surface area contributed by atoms with Crippen molar-refractivity contribution in [3.63, 3.8) is 0 Å². The average molecular weight is 341 g/mol. The molecule has 0 aromatic heterocycles. The van der Waals surface area contributed by atoms with Crippen LogP contribution in [0, 0.1) is 23.7 Å². The second kappa shape index (κ2) is 7.26.